The van der Waals surface area contributed by atoms with Gasteiger partial charge in [0.25, 0.3) is 5.89 Å². The van der Waals surface area contributed by atoms with E-state index in [4.69, 9.17) is 25.6 Å². The minimum Gasteiger partial charge on any atom is -0.497 e. The summed E-state index contributed by atoms with van der Waals surface area (Å²) in [6.07, 6.45) is 1.72. The number of nitrogens with zero attached hydrogens (tertiary/aromatic N) is 2. The Morgan fingerprint density at radius 2 is 1.96 bits per heavy atom. The molecule has 7 heteroatoms. The zero-order valence-corrected chi connectivity index (χ0v) is 14.0. The highest BCUT2D eigenvalue weighted by Crippen LogP contribution is 2.28. The van der Waals surface area contributed by atoms with E-state index < -0.39 is 0 Å². The molecule has 0 bridgehead atoms. The average Bonchev–Trinajstić information content (AvgIpc) is 3.25. The minimum atomic E-state index is 0.259. The zero-order valence-electron chi connectivity index (χ0n) is 12.4. The van der Waals surface area contributed by atoms with Crippen LogP contribution in [0.4, 0.5) is 0 Å². The molecule has 0 aliphatic heterocycles. The lowest BCUT2D eigenvalue weighted by Crippen LogP contribution is -1.88. The maximum atomic E-state index is 6.29. The number of halogens is 1. The van der Waals surface area contributed by atoms with Crippen LogP contribution < -0.4 is 9.47 Å². The molecule has 3 aromatic rings. The number of rotatable bonds is 5. The summed E-state index contributed by atoms with van der Waals surface area (Å²) >= 11 is 7.86. The number of benzene rings is 1. The predicted molar refractivity (Wildman–Crippen MR) is 90.9 cm³/mol. The average molecular weight is 349 g/mol. The zero-order chi connectivity index (χ0) is 16.2. The number of ether oxygens (including phenoxy) is 2. The fourth-order valence-electron chi connectivity index (χ4n) is 1.95. The molecule has 3 rings (SSSR count). The van der Waals surface area contributed by atoms with Crippen LogP contribution in [0.25, 0.3) is 22.5 Å². The van der Waals surface area contributed by atoms with Gasteiger partial charge in [-0.25, -0.2) is 0 Å². The summed E-state index contributed by atoms with van der Waals surface area (Å²) in [6.45, 7) is 0. The fourth-order valence-corrected chi connectivity index (χ4v) is 2.79. The number of methoxy groups -OCH3 is 2. The summed E-state index contributed by atoms with van der Waals surface area (Å²) in [5.74, 6) is 2.11. The third kappa shape index (κ3) is 3.55. The van der Waals surface area contributed by atoms with Crippen molar-refractivity contribution in [2.75, 3.05) is 14.2 Å². The molecule has 0 radical (unpaired) electrons. The second-order valence-corrected chi connectivity index (χ2v) is 5.76. The van der Waals surface area contributed by atoms with Crippen LogP contribution in [0.2, 0.25) is 0 Å². The van der Waals surface area contributed by atoms with Gasteiger partial charge in [0.15, 0.2) is 0 Å². The van der Waals surface area contributed by atoms with E-state index in [9.17, 15) is 0 Å². The predicted octanol–water partition coefficient (Wildman–Crippen LogP) is 4.55. The highest BCUT2D eigenvalue weighted by Gasteiger charge is 2.12. The van der Waals surface area contributed by atoms with Gasteiger partial charge in [0, 0.05) is 17.0 Å². The molecule has 2 heterocycles. The van der Waals surface area contributed by atoms with Gasteiger partial charge in [-0.05, 0) is 35.2 Å². The third-order valence-corrected chi connectivity index (χ3v) is 4.03. The van der Waals surface area contributed by atoms with Crippen molar-refractivity contribution in [3.05, 3.63) is 46.5 Å². The van der Waals surface area contributed by atoms with E-state index >= 15 is 0 Å². The number of aromatic nitrogens is 2. The van der Waals surface area contributed by atoms with Crippen LogP contribution in [0.1, 0.15) is 11.5 Å². The van der Waals surface area contributed by atoms with Gasteiger partial charge in [0.1, 0.15) is 16.5 Å². The standard InChI is InChI=1S/C16H13ClN2O3S/c1-20-12-5-10(6-13(8-12)21-2)7-14(17)16-18-15(19-22-16)11-3-4-23-9-11/h3-9H,1-2H3/b14-7-. The maximum Gasteiger partial charge on any atom is 0.269 e. The van der Waals surface area contributed by atoms with Gasteiger partial charge in [-0.2, -0.15) is 16.3 Å². The van der Waals surface area contributed by atoms with Crippen molar-refractivity contribution < 1.29 is 14.0 Å². The maximum absolute atomic E-state index is 6.29. The van der Waals surface area contributed by atoms with E-state index in [-0.39, 0.29) is 5.89 Å². The third-order valence-electron chi connectivity index (χ3n) is 3.08. The molecule has 0 saturated carbocycles. The summed E-state index contributed by atoms with van der Waals surface area (Å²) in [5, 5.41) is 8.17. The lowest BCUT2D eigenvalue weighted by Gasteiger charge is -2.05. The summed E-state index contributed by atoms with van der Waals surface area (Å²) in [6, 6.07) is 7.37. The van der Waals surface area contributed by atoms with Crippen LogP contribution in [0.3, 0.4) is 0 Å². The Balaban J connectivity index is 1.90. The SMILES string of the molecule is COc1cc(/C=C(\Cl)c2nc(-c3ccsc3)no2)cc(OC)c1. The van der Waals surface area contributed by atoms with Gasteiger partial charge >= 0.3 is 0 Å². The molecule has 0 aliphatic carbocycles. The van der Waals surface area contributed by atoms with Crippen LogP contribution in [0.5, 0.6) is 11.5 Å². The second-order valence-electron chi connectivity index (χ2n) is 4.57. The molecule has 2 aromatic heterocycles. The Bertz CT molecular complexity index is 805. The van der Waals surface area contributed by atoms with E-state index in [1.54, 1.807) is 37.7 Å². The lowest BCUT2D eigenvalue weighted by molar-refractivity contribution is 0.394. The summed E-state index contributed by atoms with van der Waals surface area (Å²) in [5.41, 5.74) is 1.71. The molecule has 1 aromatic carbocycles. The Labute approximate surface area is 142 Å². The number of thiophene rings is 1. The topological polar surface area (TPSA) is 57.4 Å². The van der Waals surface area contributed by atoms with Gasteiger partial charge in [-0.1, -0.05) is 16.8 Å². The van der Waals surface area contributed by atoms with Gasteiger partial charge < -0.3 is 14.0 Å². The highest BCUT2D eigenvalue weighted by molar-refractivity contribution is 7.08. The minimum absolute atomic E-state index is 0.259. The van der Waals surface area contributed by atoms with Crippen molar-refractivity contribution in [1.82, 2.24) is 10.1 Å². The van der Waals surface area contributed by atoms with Crippen molar-refractivity contribution in [1.29, 1.82) is 0 Å². The van der Waals surface area contributed by atoms with Gasteiger partial charge in [-0.3, -0.25) is 0 Å². The van der Waals surface area contributed by atoms with Gasteiger partial charge in [0.05, 0.1) is 14.2 Å². The van der Waals surface area contributed by atoms with Crippen LogP contribution in [-0.4, -0.2) is 24.4 Å². The second kappa shape index (κ2) is 6.85. The molecule has 0 saturated heterocycles. The van der Waals surface area contributed by atoms with Crippen LogP contribution >= 0.6 is 22.9 Å². The molecule has 5 nitrogen and oxygen atoms in total. The van der Waals surface area contributed by atoms with Crippen LogP contribution in [-0.2, 0) is 0 Å². The summed E-state index contributed by atoms with van der Waals surface area (Å²) in [4.78, 5) is 4.30. The molecule has 23 heavy (non-hydrogen) atoms. The normalized spacial score (nSPS) is 11.5. The number of hydrogen-bond acceptors (Lipinski definition) is 6. The Kier molecular flexibility index (Phi) is 4.64. The summed E-state index contributed by atoms with van der Waals surface area (Å²) in [7, 11) is 3.18. The Hall–Kier alpha value is -2.31. The van der Waals surface area contributed by atoms with Crippen LogP contribution in [0, 0.1) is 0 Å². The molecule has 0 aliphatic rings. The van der Waals surface area contributed by atoms with Crippen molar-refractivity contribution in [3.63, 3.8) is 0 Å². The van der Waals surface area contributed by atoms with Crippen molar-refractivity contribution in [2.24, 2.45) is 0 Å². The van der Waals surface area contributed by atoms with E-state index in [1.807, 2.05) is 29.0 Å². The summed E-state index contributed by atoms with van der Waals surface area (Å²) < 4.78 is 15.7. The molecule has 0 N–H and O–H groups in total. The first-order valence-corrected chi connectivity index (χ1v) is 7.98. The molecule has 0 spiro atoms. The fraction of sp³-hybridized carbons (Fsp3) is 0.125. The van der Waals surface area contributed by atoms with Gasteiger partial charge in [-0.15, -0.1) is 0 Å². The molecule has 0 amide bonds. The Morgan fingerprint density at radius 3 is 2.57 bits per heavy atom. The Morgan fingerprint density at radius 1 is 1.22 bits per heavy atom. The molecule has 0 atom stereocenters. The molecule has 118 valence electrons. The lowest BCUT2D eigenvalue weighted by atomic mass is 10.2. The molecular weight excluding hydrogens is 336 g/mol. The van der Waals surface area contributed by atoms with Crippen molar-refractivity contribution >= 4 is 34.0 Å². The molecule has 0 unspecified atom stereocenters. The smallest absolute Gasteiger partial charge is 0.269 e. The number of hydrogen-bond donors (Lipinski definition) is 0. The van der Waals surface area contributed by atoms with Gasteiger partial charge in [0.2, 0.25) is 5.82 Å². The van der Waals surface area contributed by atoms with E-state index in [0.717, 1.165) is 11.1 Å². The monoisotopic (exact) mass is 348 g/mol. The van der Waals surface area contributed by atoms with E-state index in [2.05, 4.69) is 10.1 Å². The van der Waals surface area contributed by atoms with Crippen molar-refractivity contribution in [3.8, 4) is 22.9 Å². The van der Waals surface area contributed by atoms with E-state index in [0.29, 0.717) is 22.4 Å². The first-order chi connectivity index (χ1) is 11.2. The molecular formula is C16H13ClN2O3S. The van der Waals surface area contributed by atoms with Crippen LogP contribution in [0.15, 0.2) is 39.5 Å². The first-order valence-electron chi connectivity index (χ1n) is 6.66. The largest absolute Gasteiger partial charge is 0.497 e. The van der Waals surface area contributed by atoms with Crippen molar-refractivity contribution in [2.45, 2.75) is 0 Å². The molecule has 0 fully saturated rings. The quantitative estimate of drug-likeness (QED) is 0.676. The highest BCUT2D eigenvalue weighted by atomic mass is 35.5. The van der Waals surface area contributed by atoms with E-state index in [1.165, 1.54) is 0 Å². The first kappa shape index (κ1) is 15.6.